The molecule has 4 rings (SSSR count). The molecule has 1 aliphatic rings. The van der Waals surface area contributed by atoms with Gasteiger partial charge in [0.15, 0.2) is 0 Å². The molecule has 0 bridgehead atoms. The Labute approximate surface area is 147 Å². The summed E-state index contributed by atoms with van der Waals surface area (Å²) in [5.41, 5.74) is 3.16. The number of rotatable bonds is 3. The lowest BCUT2D eigenvalue weighted by Gasteiger charge is -2.31. The third-order valence-electron chi connectivity index (χ3n) is 4.79. The molecule has 2 aromatic carbocycles. The number of likely N-dealkylation sites (tertiary alicyclic amines) is 1. The van der Waals surface area contributed by atoms with E-state index in [9.17, 15) is 4.79 Å². The molecule has 3 aromatic rings. The first-order valence-electron chi connectivity index (χ1n) is 8.81. The average molecular weight is 334 g/mol. The molecule has 2 N–H and O–H groups in total. The second-order valence-corrected chi connectivity index (χ2v) is 6.57. The molecule has 1 fully saturated rings. The molecule has 2 amide bonds. The van der Waals surface area contributed by atoms with Crippen molar-refractivity contribution in [3.63, 3.8) is 0 Å². The highest BCUT2D eigenvalue weighted by molar-refractivity contribution is 5.75. The van der Waals surface area contributed by atoms with E-state index >= 15 is 0 Å². The van der Waals surface area contributed by atoms with E-state index in [-0.39, 0.29) is 11.9 Å². The Morgan fingerprint density at radius 1 is 1.16 bits per heavy atom. The molecule has 0 radical (unpaired) electrons. The molecular formula is C20H22N4O. The predicted molar refractivity (Wildman–Crippen MR) is 98.3 cm³/mol. The van der Waals surface area contributed by atoms with Crippen LogP contribution < -0.4 is 5.32 Å². The first-order chi connectivity index (χ1) is 12.3. The third kappa shape index (κ3) is 3.50. The Kier molecular flexibility index (Phi) is 4.37. The van der Waals surface area contributed by atoms with Crippen molar-refractivity contribution in [1.82, 2.24) is 20.2 Å². The van der Waals surface area contributed by atoms with Gasteiger partial charge < -0.3 is 15.2 Å². The maximum Gasteiger partial charge on any atom is 0.317 e. The lowest BCUT2D eigenvalue weighted by Crippen LogP contribution is -2.44. The van der Waals surface area contributed by atoms with E-state index in [0.29, 0.717) is 13.1 Å². The monoisotopic (exact) mass is 334 g/mol. The third-order valence-corrected chi connectivity index (χ3v) is 4.79. The summed E-state index contributed by atoms with van der Waals surface area (Å²) in [5, 5.41) is 3.02. The van der Waals surface area contributed by atoms with Crippen molar-refractivity contribution in [3.8, 4) is 0 Å². The molecule has 25 heavy (non-hydrogen) atoms. The summed E-state index contributed by atoms with van der Waals surface area (Å²) in [7, 11) is 0. The summed E-state index contributed by atoms with van der Waals surface area (Å²) >= 11 is 0. The van der Waals surface area contributed by atoms with Crippen LogP contribution in [0.1, 0.15) is 30.1 Å². The largest absolute Gasteiger partial charge is 0.342 e. The van der Waals surface area contributed by atoms with Gasteiger partial charge in [0.25, 0.3) is 0 Å². The highest BCUT2D eigenvalue weighted by Crippen LogP contribution is 2.26. The molecule has 1 saturated heterocycles. The smallest absolute Gasteiger partial charge is 0.317 e. The Hall–Kier alpha value is -2.82. The van der Waals surface area contributed by atoms with Crippen LogP contribution in [0.3, 0.4) is 0 Å². The zero-order chi connectivity index (χ0) is 17.1. The Bertz CT molecular complexity index is 825. The number of aromatic amines is 1. The minimum Gasteiger partial charge on any atom is -0.342 e. The fraction of sp³-hybridized carbons (Fsp3) is 0.300. The number of piperidine rings is 1. The molecule has 2 heterocycles. The lowest BCUT2D eigenvalue weighted by molar-refractivity contribution is 0.178. The summed E-state index contributed by atoms with van der Waals surface area (Å²) in [5.74, 6) is 1.25. The summed E-state index contributed by atoms with van der Waals surface area (Å²) in [6.45, 7) is 2.07. The lowest BCUT2D eigenvalue weighted by atomic mass is 9.97. The fourth-order valence-corrected chi connectivity index (χ4v) is 3.44. The summed E-state index contributed by atoms with van der Waals surface area (Å²) in [6.07, 6.45) is 2.06. The molecule has 5 nitrogen and oxygen atoms in total. The van der Waals surface area contributed by atoms with E-state index in [1.54, 1.807) is 0 Å². The number of para-hydroxylation sites is 2. The maximum absolute atomic E-state index is 12.5. The second-order valence-electron chi connectivity index (χ2n) is 6.57. The molecule has 1 unspecified atom stereocenters. The number of carbonyl (C=O) groups excluding carboxylic acids is 1. The van der Waals surface area contributed by atoms with Crippen LogP contribution in [-0.4, -0.2) is 34.0 Å². The molecular weight excluding hydrogens is 312 g/mol. The molecule has 0 saturated carbocycles. The standard InChI is InChI=1S/C20H22N4O/c25-20(21-13-15-7-2-1-3-8-15)24-12-6-9-16(14-24)19-22-17-10-4-5-11-18(17)23-19/h1-5,7-8,10-11,16H,6,9,12-14H2,(H,21,25)(H,22,23). The minimum absolute atomic E-state index is 0.00432. The van der Waals surface area contributed by atoms with Crippen molar-refractivity contribution in [2.75, 3.05) is 13.1 Å². The van der Waals surface area contributed by atoms with Gasteiger partial charge in [-0.3, -0.25) is 0 Å². The van der Waals surface area contributed by atoms with E-state index in [2.05, 4.69) is 10.3 Å². The quantitative estimate of drug-likeness (QED) is 0.768. The number of fused-ring (bicyclic) bond motifs is 1. The van der Waals surface area contributed by atoms with Gasteiger partial charge in [-0.2, -0.15) is 0 Å². The van der Waals surface area contributed by atoms with E-state index in [0.717, 1.165) is 41.8 Å². The Balaban J connectivity index is 1.41. The number of imidazole rings is 1. The first kappa shape index (κ1) is 15.7. The summed E-state index contributed by atoms with van der Waals surface area (Å²) < 4.78 is 0. The average Bonchev–Trinajstić information content (AvgIpc) is 3.11. The zero-order valence-corrected chi connectivity index (χ0v) is 14.1. The van der Waals surface area contributed by atoms with Gasteiger partial charge in [0.05, 0.1) is 11.0 Å². The number of aromatic nitrogens is 2. The van der Waals surface area contributed by atoms with Crippen molar-refractivity contribution < 1.29 is 4.79 Å². The number of benzene rings is 2. The number of H-pyrrole nitrogens is 1. The fourth-order valence-electron chi connectivity index (χ4n) is 3.44. The Morgan fingerprint density at radius 3 is 2.80 bits per heavy atom. The number of hydrogen-bond donors (Lipinski definition) is 2. The van der Waals surface area contributed by atoms with Gasteiger partial charge in [-0.15, -0.1) is 0 Å². The second kappa shape index (κ2) is 6.97. The van der Waals surface area contributed by atoms with E-state index in [1.807, 2.05) is 59.5 Å². The van der Waals surface area contributed by atoms with Crippen LogP contribution in [0.25, 0.3) is 11.0 Å². The van der Waals surface area contributed by atoms with Crippen molar-refractivity contribution in [1.29, 1.82) is 0 Å². The van der Waals surface area contributed by atoms with E-state index in [4.69, 9.17) is 4.98 Å². The molecule has 1 atom stereocenters. The predicted octanol–water partition coefficient (Wildman–Crippen LogP) is 3.65. The van der Waals surface area contributed by atoms with Crippen LogP contribution in [0.2, 0.25) is 0 Å². The SMILES string of the molecule is O=C(NCc1ccccc1)N1CCCC(c2nc3ccccc3[nH]2)C1. The molecule has 128 valence electrons. The zero-order valence-electron chi connectivity index (χ0n) is 14.1. The molecule has 5 heteroatoms. The maximum atomic E-state index is 12.5. The van der Waals surface area contributed by atoms with Crippen LogP contribution >= 0.6 is 0 Å². The van der Waals surface area contributed by atoms with E-state index in [1.165, 1.54) is 0 Å². The number of hydrogen-bond acceptors (Lipinski definition) is 2. The molecule has 0 spiro atoms. The van der Waals surface area contributed by atoms with Crippen LogP contribution in [0.15, 0.2) is 54.6 Å². The van der Waals surface area contributed by atoms with Crippen LogP contribution in [-0.2, 0) is 6.54 Å². The summed E-state index contributed by atoms with van der Waals surface area (Å²) in [4.78, 5) is 22.5. The molecule has 1 aliphatic heterocycles. The number of carbonyl (C=O) groups is 1. The topological polar surface area (TPSA) is 61.0 Å². The number of amides is 2. The van der Waals surface area contributed by atoms with Gasteiger partial charge in [0, 0.05) is 25.6 Å². The first-order valence-corrected chi connectivity index (χ1v) is 8.81. The van der Waals surface area contributed by atoms with Crippen molar-refractivity contribution in [3.05, 3.63) is 66.0 Å². The Morgan fingerprint density at radius 2 is 1.96 bits per heavy atom. The van der Waals surface area contributed by atoms with Gasteiger partial charge in [-0.05, 0) is 30.5 Å². The van der Waals surface area contributed by atoms with Crippen LogP contribution in [0.4, 0.5) is 4.79 Å². The van der Waals surface area contributed by atoms with Gasteiger partial charge in [-0.1, -0.05) is 42.5 Å². The van der Waals surface area contributed by atoms with Gasteiger partial charge in [0.1, 0.15) is 5.82 Å². The highest BCUT2D eigenvalue weighted by Gasteiger charge is 2.26. The van der Waals surface area contributed by atoms with Crippen molar-refractivity contribution in [2.24, 2.45) is 0 Å². The number of urea groups is 1. The van der Waals surface area contributed by atoms with Crippen LogP contribution in [0, 0.1) is 0 Å². The highest BCUT2D eigenvalue weighted by atomic mass is 16.2. The number of nitrogens with one attached hydrogen (secondary N) is 2. The molecule has 0 aliphatic carbocycles. The molecule has 1 aromatic heterocycles. The normalized spacial score (nSPS) is 17.6. The van der Waals surface area contributed by atoms with E-state index < -0.39 is 0 Å². The van der Waals surface area contributed by atoms with Gasteiger partial charge in [0.2, 0.25) is 0 Å². The van der Waals surface area contributed by atoms with Gasteiger partial charge >= 0.3 is 6.03 Å². The summed E-state index contributed by atoms with van der Waals surface area (Å²) in [6, 6.07) is 18.1. The number of nitrogens with zero attached hydrogens (tertiary/aromatic N) is 2. The van der Waals surface area contributed by atoms with Crippen LogP contribution in [0.5, 0.6) is 0 Å². The van der Waals surface area contributed by atoms with Crippen molar-refractivity contribution in [2.45, 2.75) is 25.3 Å². The minimum atomic E-state index is 0.00432. The van der Waals surface area contributed by atoms with Gasteiger partial charge in [-0.25, -0.2) is 9.78 Å². The van der Waals surface area contributed by atoms with Crippen molar-refractivity contribution >= 4 is 17.1 Å².